The quantitative estimate of drug-likeness (QED) is 0.456. The van der Waals surface area contributed by atoms with Crippen molar-refractivity contribution in [1.29, 1.82) is 0 Å². The molecule has 0 fully saturated rings. The zero-order valence-corrected chi connectivity index (χ0v) is 16.4. The van der Waals surface area contributed by atoms with E-state index in [0.717, 1.165) is 35.9 Å². The molecule has 0 saturated carbocycles. The van der Waals surface area contributed by atoms with Crippen molar-refractivity contribution in [3.05, 3.63) is 76.3 Å². The number of ether oxygens (including phenoxy) is 2. The van der Waals surface area contributed by atoms with Crippen molar-refractivity contribution in [1.82, 2.24) is 0 Å². The molecule has 2 aromatic rings. The van der Waals surface area contributed by atoms with Crippen LogP contribution in [-0.4, -0.2) is 19.2 Å². The van der Waals surface area contributed by atoms with E-state index in [9.17, 15) is 4.79 Å². The van der Waals surface area contributed by atoms with Gasteiger partial charge in [0.25, 0.3) is 0 Å². The third-order valence-corrected chi connectivity index (χ3v) is 5.25. The Morgan fingerprint density at radius 3 is 2.54 bits per heavy atom. The Balaban J connectivity index is 1.50. The van der Waals surface area contributed by atoms with Gasteiger partial charge in [-0.05, 0) is 79.6 Å². The van der Waals surface area contributed by atoms with Crippen LogP contribution in [0.5, 0.6) is 5.75 Å². The van der Waals surface area contributed by atoms with Gasteiger partial charge in [-0.3, -0.25) is 0 Å². The van der Waals surface area contributed by atoms with Gasteiger partial charge in [0.2, 0.25) is 0 Å². The van der Waals surface area contributed by atoms with Gasteiger partial charge in [-0.15, -0.1) is 0 Å². The molecule has 0 aromatic heterocycles. The fraction of sp³-hybridized carbons (Fsp3) is 0.318. The second-order valence-corrected chi connectivity index (χ2v) is 7.52. The first-order valence-electron chi connectivity index (χ1n) is 8.90. The number of allylic oxidation sites excluding steroid dienone is 1. The van der Waals surface area contributed by atoms with Gasteiger partial charge < -0.3 is 9.47 Å². The predicted molar refractivity (Wildman–Crippen MR) is 107 cm³/mol. The average molecular weight is 415 g/mol. The highest BCUT2D eigenvalue weighted by atomic mass is 79.9. The molecule has 0 amide bonds. The molecular weight excluding hydrogens is 392 g/mol. The Morgan fingerprint density at radius 1 is 1.12 bits per heavy atom. The van der Waals surface area contributed by atoms with Crippen molar-refractivity contribution >= 4 is 21.9 Å². The molecule has 0 radical (unpaired) electrons. The van der Waals surface area contributed by atoms with E-state index in [1.165, 1.54) is 5.56 Å². The van der Waals surface area contributed by atoms with Gasteiger partial charge >= 0.3 is 5.97 Å². The summed E-state index contributed by atoms with van der Waals surface area (Å²) in [5, 5.41) is 0. The molecule has 0 N–H and O–H groups in total. The molecule has 3 rings (SSSR count). The monoisotopic (exact) mass is 414 g/mol. The van der Waals surface area contributed by atoms with Crippen molar-refractivity contribution in [3.63, 3.8) is 0 Å². The summed E-state index contributed by atoms with van der Waals surface area (Å²) >= 11 is 3.38. The van der Waals surface area contributed by atoms with Crippen LogP contribution in [0, 0.1) is 5.92 Å². The van der Waals surface area contributed by atoms with E-state index in [0.29, 0.717) is 11.5 Å². The Morgan fingerprint density at radius 2 is 1.85 bits per heavy atom. The number of esters is 1. The number of methoxy groups -OCH3 is 1. The summed E-state index contributed by atoms with van der Waals surface area (Å²) in [4.78, 5) is 12.3. The number of carbonyl (C=O) groups is 1. The lowest BCUT2D eigenvalue weighted by Crippen LogP contribution is -2.22. The van der Waals surface area contributed by atoms with Crippen LogP contribution < -0.4 is 4.74 Å². The number of benzene rings is 2. The first-order chi connectivity index (χ1) is 12.6. The fourth-order valence-corrected chi connectivity index (χ4v) is 3.47. The maximum absolute atomic E-state index is 12.3. The molecule has 0 aliphatic heterocycles. The third kappa shape index (κ3) is 5.21. The van der Waals surface area contributed by atoms with E-state index >= 15 is 0 Å². The molecule has 0 bridgehead atoms. The summed E-state index contributed by atoms with van der Waals surface area (Å²) < 4.78 is 11.8. The largest absolute Gasteiger partial charge is 0.497 e. The van der Waals surface area contributed by atoms with E-state index in [1.807, 2.05) is 30.3 Å². The van der Waals surface area contributed by atoms with Crippen LogP contribution >= 0.6 is 15.9 Å². The second kappa shape index (κ2) is 9.04. The van der Waals surface area contributed by atoms with E-state index in [1.54, 1.807) is 19.2 Å². The molecule has 2 atom stereocenters. The zero-order valence-electron chi connectivity index (χ0n) is 14.9. The van der Waals surface area contributed by atoms with Crippen molar-refractivity contribution in [2.24, 2.45) is 5.92 Å². The highest BCUT2D eigenvalue weighted by molar-refractivity contribution is 9.10. The number of aryl methyl sites for hydroxylation is 1. The molecule has 4 heteroatoms. The smallest absolute Gasteiger partial charge is 0.338 e. The lowest BCUT2D eigenvalue weighted by atomic mass is 9.87. The summed E-state index contributed by atoms with van der Waals surface area (Å²) in [5.41, 5.74) is 1.89. The Hall–Kier alpha value is -2.07. The summed E-state index contributed by atoms with van der Waals surface area (Å²) in [5.74, 6) is 1.15. The molecule has 136 valence electrons. The molecular formula is C22H23BrO3. The van der Waals surface area contributed by atoms with Crippen LogP contribution in [0.4, 0.5) is 0 Å². The summed E-state index contributed by atoms with van der Waals surface area (Å²) in [7, 11) is 1.68. The SMILES string of the molecule is COc1ccc(CC[C@H]2CC=C[C@@H](OC(=O)c3ccc(Br)cc3)C2)cc1. The number of hydrogen-bond acceptors (Lipinski definition) is 3. The van der Waals surface area contributed by atoms with E-state index < -0.39 is 0 Å². The molecule has 2 aromatic carbocycles. The molecule has 1 aliphatic rings. The molecule has 0 heterocycles. The lowest BCUT2D eigenvalue weighted by Gasteiger charge is -2.25. The summed E-state index contributed by atoms with van der Waals surface area (Å²) in [6.07, 6.45) is 8.05. The van der Waals surface area contributed by atoms with Gasteiger partial charge in [0.15, 0.2) is 0 Å². The van der Waals surface area contributed by atoms with Gasteiger partial charge in [0.05, 0.1) is 12.7 Å². The van der Waals surface area contributed by atoms with Gasteiger partial charge in [-0.25, -0.2) is 4.79 Å². The highest BCUT2D eigenvalue weighted by Crippen LogP contribution is 2.26. The molecule has 0 unspecified atom stereocenters. The molecule has 26 heavy (non-hydrogen) atoms. The van der Waals surface area contributed by atoms with Crippen LogP contribution in [0.1, 0.15) is 35.2 Å². The van der Waals surface area contributed by atoms with Gasteiger partial charge in [-0.1, -0.05) is 34.1 Å². The van der Waals surface area contributed by atoms with Crippen LogP contribution in [0.25, 0.3) is 0 Å². The van der Waals surface area contributed by atoms with E-state index in [2.05, 4.69) is 34.1 Å². The number of carbonyl (C=O) groups excluding carboxylic acids is 1. The molecule has 1 aliphatic carbocycles. The third-order valence-electron chi connectivity index (χ3n) is 4.72. The van der Waals surface area contributed by atoms with Gasteiger partial charge in [0.1, 0.15) is 11.9 Å². The van der Waals surface area contributed by atoms with E-state index in [4.69, 9.17) is 9.47 Å². The second-order valence-electron chi connectivity index (χ2n) is 6.60. The van der Waals surface area contributed by atoms with Crippen LogP contribution in [0.15, 0.2) is 65.2 Å². The van der Waals surface area contributed by atoms with Crippen molar-refractivity contribution in [2.75, 3.05) is 7.11 Å². The van der Waals surface area contributed by atoms with Gasteiger partial charge in [0, 0.05) is 4.47 Å². The van der Waals surface area contributed by atoms with Crippen LogP contribution in [-0.2, 0) is 11.2 Å². The summed E-state index contributed by atoms with van der Waals surface area (Å²) in [6, 6.07) is 15.5. The van der Waals surface area contributed by atoms with Gasteiger partial charge in [-0.2, -0.15) is 0 Å². The van der Waals surface area contributed by atoms with Crippen molar-refractivity contribution < 1.29 is 14.3 Å². The summed E-state index contributed by atoms with van der Waals surface area (Å²) in [6.45, 7) is 0. The number of hydrogen-bond donors (Lipinski definition) is 0. The van der Waals surface area contributed by atoms with Crippen LogP contribution in [0.3, 0.4) is 0 Å². The Labute approximate surface area is 163 Å². The Kier molecular flexibility index (Phi) is 6.51. The molecule has 3 nitrogen and oxygen atoms in total. The topological polar surface area (TPSA) is 35.5 Å². The fourth-order valence-electron chi connectivity index (χ4n) is 3.20. The standard InChI is InChI=1S/C22H23BrO3/c1-25-20-13-7-16(8-14-20)5-6-17-3-2-4-21(15-17)26-22(24)18-9-11-19(23)12-10-18/h2,4,7-14,17,21H,3,5-6,15H2,1H3/t17-,21-/m1/s1. The van der Waals surface area contributed by atoms with Crippen molar-refractivity contribution in [2.45, 2.75) is 31.8 Å². The maximum atomic E-state index is 12.3. The van der Waals surface area contributed by atoms with Crippen molar-refractivity contribution in [3.8, 4) is 5.75 Å². The first-order valence-corrected chi connectivity index (χ1v) is 9.69. The lowest BCUT2D eigenvalue weighted by molar-refractivity contribution is 0.0335. The zero-order chi connectivity index (χ0) is 18.4. The molecule has 0 spiro atoms. The van der Waals surface area contributed by atoms with E-state index in [-0.39, 0.29) is 12.1 Å². The molecule has 0 saturated heterocycles. The van der Waals surface area contributed by atoms with Crippen LogP contribution in [0.2, 0.25) is 0 Å². The predicted octanol–water partition coefficient (Wildman–Crippen LogP) is 5.58. The number of halogens is 1. The highest BCUT2D eigenvalue weighted by Gasteiger charge is 2.21. The Bertz CT molecular complexity index is 750. The normalized spacial score (nSPS) is 19.2. The minimum Gasteiger partial charge on any atom is -0.497 e. The minimum atomic E-state index is -0.261. The first kappa shape index (κ1) is 18.7. The maximum Gasteiger partial charge on any atom is 0.338 e. The minimum absolute atomic E-state index is 0.138. The number of rotatable bonds is 6. The average Bonchev–Trinajstić information content (AvgIpc) is 2.67.